The van der Waals surface area contributed by atoms with Gasteiger partial charge in [0.1, 0.15) is 6.61 Å². The van der Waals surface area contributed by atoms with Crippen molar-refractivity contribution in [2.24, 2.45) is 0 Å². The van der Waals surface area contributed by atoms with Gasteiger partial charge < -0.3 is 14.8 Å². The van der Waals surface area contributed by atoms with Crippen molar-refractivity contribution in [2.75, 3.05) is 25.6 Å². The number of carbonyl (C=O) groups excluding carboxylic acids is 2. The molecule has 146 valence electrons. The Morgan fingerprint density at radius 3 is 2.54 bits per heavy atom. The fourth-order valence-electron chi connectivity index (χ4n) is 2.90. The summed E-state index contributed by atoms with van der Waals surface area (Å²) in [5, 5.41) is 3.81. The monoisotopic (exact) mass is 400 g/mol. The van der Waals surface area contributed by atoms with E-state index in [2.05, 4.69) is 5.32 Å². The predicted molar refractivity (Wildman–Crippen MR) is 107 cm³/mol. The van der Waals surface area contributed by atoms with Gasteiger partial charge in [-0.2, -0.15) is 0 Å². The fraction of sp³-hybridized carbons (Fsp3) is 0.238. The number of nitrogens with zero attached hydrogens (tertiary/aromatic N) is 1. The van der Waals surface area contributed by atoms with Crippen LogP contribution in [0.5, 0.6) is 0 Å². The zero-order valence-corrected chi connectivity index (χ0v) is 16.2. The van der Waals surface area contributed by atoms with Gasteiger partial charge >= 0.3 is 6.09 Å². The molecular weight excluding hydrogens is 380 g/mol. The maximum absolute atomic E-state index is 12.8. The fourth-order valence-corrected chi connectivity index (χ4v) is 3.02. The summed E-state index contributed by atoms with van der Waals surface area (Å²) in [6.45, 7) is 0.615. The maximum atomic E-state index is 12.8. The third-order valence-corrected chi connectivity index (χ3v) is 4.56. The summed E-state index contributed by atoms with van der Waals surface area (Å²) in [5.41, 5.74) is 2.77. The third kappa shape index (κ3) is 4.91. The second-order valence-corrected chi connectivity index (χ2v) is 6.71. The molecule has 0 radical (unpaired) electrons. The summed E-state index contributed by atoms with van der Waals surface area (Å²) < 4.78 is 10.5. The van der Waals surface area contributed by atoms with Crippen molar-refractivity contribution in [1.82, 2.24) is 4.90 Å². The highest BCUT2D eigenvalue weighted by atomic mass is 35.5. The molecule has 0 saturated carbocycles. The number of amides is 2. The van der Waals surface area contributed by atoms with Crippen molar-refractivity contribution in [3.05, 3.63) is 76.5 Å². The van der Waals surface area contributed by atoms with E-state index in [1.807, 2.05) is 42.5 Å². The minimum Gasteiger partial charge on any atom is -0.444 e. The van der Waals surface area contributed by atoms with Gasteiger partial charge in [0.15, 0.2) is 0 Å². The molecule has 2 aromatic carbocycles. The minimum atomic E-state index is -0.646. The van der Waals surface area contributed by atoms with Crippen molar-refractivity contribution in [1.29, 1.82) is 0 Å². The predicted octanol–water partition coefficient (Wildman–Crippen LogP) is 4.22. The van der Waals surface area contributed by atoms with Gasteiger partial charge in [0.2, 0.25) is 0 Å². The van der Waals surface area contributed by atoms with Crippen LogP contribution in [0, 0.1) is 0 Å². The summed E-state index contributed by atoms with van der Waals surface area (Å²) in [6, 6.07) is 16.5. The zero-order chi connectivity index (χ0) is 19.9. The van der Waals surface area contributed by atoms with Crippen molar-refractivity contribution in [3.8, 4) is 0 Å². The highest BCUT2D eigenvalue weighted by Crippen LogP contribution is 2.24. The van der Waals surface area contributed by atoms with E-state index in [1.165, 1.54) is 0 Å². The molecule has 0 aromatic heterocycles. The highest BCUT2D eigenvalue weighted by Gasteiger charge is 2.34. The van der Waals surface area contributed by atoms with Crippen LogP contribution in [0.3, 0.4) is 0 Å². The number of likely N-dealkylation sites (tertiary alicyclic amines) is 1. The van der Waals surface area contributed by atoms with Gasteiger partial charge in [-0.3, -0.25) is 4.79 Å². The molecule has 6 nitrogen and oxygen atoms in total. The number of imide groups is 1. The van der Waals surface area contributed by atoms with Crippen molar-refractivity contribution < 1.29 is 19.1 Å². The lowest BCUT2D eigenvalue weighted by atomic mass is 10.1. The molecule has 1 saturated heterocycles. The van der Waals surface area contributed by atoms with Gasteiger partial charge in [0.25, 0.3) is 5.91 Å². The normalized spacial score (nSPS) is 15.5. The van der Waals surface area contributed by atoms with Crippen molar-refractivity contribution in [2.45, 2.75) is 13.0 Å². The lowest BCUT2D eigenvalue weighted by Gasteiger charge is -2.15. The average molecular weight is 401 g/mol. The summed E-state index contributed by atoms with van der Waals surface area (Å²) in [7, 11) is 1.55. The molecule has 28 heavy (non-hydrogen) atoms. The summed E-state index contributed by atoms with van der Waals surface area (Å²) in [5.74, 6) is -0.369. The largest absolute Gasteiger partial charge is 0.444 e. The van der Waals surface area contributed by atoms with E-state index >= 15 is 0 Å². The molecule has 1 aliphatic heterocycles. The van der Waals surface area contributed by atoms with Gasteiger partial charge in [-0.05, 0) is 36.2 Å². The standard InChI is InChI=1S/C21H21ClN2O4/c1-27-14-19(23-17-9-7-16(22)8-10-17)18-11-12-24(20(18)25)21(26)28-13-15-5-3-2-4-6-15/h2-10,23H,11-14H2,1H3/b19-18+. The van der Waals surface area contributed by atoms with Gasteiger partial charge in [0, 0.05) is 29.9 Å². The van der Waals surface area contributed by atoms with Crippen LogP contribution in [0.25, 0.3) is 0 Å². The first kappa shape index (κ1) is 19.9. The SMILES string of the molecule is COC/C(Nc1ccc(Cl)cc1)=C1/CCN(C(=O)OCc2ccccc2)C1=O. The number of ether oxygens (including phenoxy) is 2. The molecule has 1 N–H and O–H groups in total. The third-order valence-electron chi connectivity index (χ3n) is 4.31. The van der Waals surface area contributed by atoms with Gasteiger partial charge in [0.05, 0.1) is 12.3 Å². The maximum Gasteiger partial charge on any atom is 0.417 e. The van der Waals surface area contributed by atoms with E-state index in [4.69, 9.17) is 21.1 Å². The molecule has 2 amide bonds. The Morgan fingerprint density at radius 1 is 1.14 bits per heavy atom. The molecule has 0 spiro atoms. The Labute approximate surface area is 168 Å². The summed E-state index contributed by atoms with van der Waals surface area (Å²) in [6.07, 6.45) is -0.217. The van der Waals surface area contributed by atoms with Gasteiger partial charge in [-0.25, -0.2) is 9.69 Å². The Morgan fingerprint density at radius 2 is 1.86 bits per heavy atom. The van der Waals surface area contributed by atoms with E-state index < -0.39 is 6.09 Å². The second-order valence-electron chi connectivity index (χ2n) is 6.27. The number of methoxy groups -OCH3 is 1. The first-order chi connectivity index (χ1) is 13.6. The van der Waals surface area contributed by atoms with Crippen LogP contribution >= 0.6 is 11.6 Å². The number of rotatable bonds is 6. The molecule has 1 heterocycles. The van der Waals surface area contributed by atoms with Crippen LogP contribution in [0.4, 0.5) is 10.5 Å². The number of halogens is 1. The molecule has 2 aromatic rings. The lowest BCUT2D eigenvalue weighted by Crippen LogP contribution is -2.33. The van der Waals surface area contributed by atoms with Crippen LogP contribution in [-0.2, 0) is 20.9 Å². The van der Waals surface area contributed by atoms with Crippen LogP contribution in [0.15, 0.2) is 65.9 Å². The number of nitrogens with one attached hydrogen (secondary N) is 1. The number of anilines is 1. The van der Waals surface area contributed by atoms with E-state index in [0.29, 0.717) is 22.7 Å². The highest BCUT2D eigenvalue weighted by molar-refractivity contribution is 6.30. The number of carbonyl (C=O) groups is 2. The molecule has 0 unspecified atom stereocenters. The summed E-state index contributed by atoms with van der Waals surface area (Å²) >= 11 is 5.91. The smallest absolute Gasteiger partial charge is 0.417 e. The van der Waals surface area contributed by atoms with E-state index in [0.717, 1.165) is 16.2 Å². The first-order valence-corrected chi connectivity index (χ1v) is 9.22. The van der Waals surface area contributed by atoms with Crippen LogP contribution < -0.4 is 5.32 Å². The molecule has 0 bridgehead atoms. The van der Waals surface area contributed by atoms with Gasteiger partial charge in [-0.15, -0.1) is 0 Å². The zero-order valence-electron chi connectivity index (χ0n) is 15.5. The Balaban J connectivity index is 1.69. The van der Waals surface area contributed by atoms with Crippen molar-refractivity contribution in [3.63, 3.8) is 0 Å². The summed E-state index contributed by atoms with van der Waals surface area (Å²) in [4.78, 5) is 26.2. The van der Waals surface area contributed by atoms with E-state index in [9.17, 15) is 9.59 Å². The topological polar surface area (TPSA) is 67.9 Å². The Kier molecular flexibility index (Phi) is 6.68. The van der Waals surface area contributed by atoms with Crippen LogP contribution in [-0.4, -0.2) is 37.2 Å². The van der Waals surface area contributed by atoms with Gasteiger partial charge in [-0.1, -0.05) is 41.9 Å². The number of hydrogen-bond acceptors (Lipinski definition) is 5. The lowest BCUT2D eigenvalue weighted by molar-refractivity contribution is -0.123. The Hall–Kier alpha value is -2.83. The second kappa shape index (κ2) is 9.39. The van der Waals surface area contributed by atoms with Crippen LogP contribution in [0.2, 0.25) is 5.02 Å². The molecule has 1 aliphatic rings. The van der Waals surface area contributed by atoms with Crippen molar-refractivity contribution >= 4 is 29.3 Å². The first-order valence-electron chi connectivity index (χ1n) is 8.84. The molecule has 0 aliphatic carbocycles. The Bertz CT molecular complexity index is 866. The molecular formula is C21H21ClN2O4. The molecule has 0 atom stereocenters. The van der Waals surface area contributed by atoms with E-state index in [-0.39, 0.29) is 25.7 Å². The number of benzene rings is 2. The number of hydrogen-bond donors (Lipinski definition) is 1. The molecule has 3 rings (SSSR count). The van der Waals surface area contributed by atoms with Crippen LogP contribution in [0.1, 0.15) is 12.0 Å². The quantitative estimate of drug-likeness (QED) is 0.735. The average Bonchev–Trinajstić information content (AvgIpc) is 3.09. The molecule has 1 fully saturated rings. The minimum absolute atomic E-state index is 0.121. The van der Waals surface area contributed by atoms with E-state index in [1.54, 1.807) is 19.2 Å². The molecule has 7 heteroatoms.